The molecule has 3 aromatic carbocycles. The fraction of sp³-hybridized carbons (Fsp3) is 0.0526. The molecule has 0 saturated heterocycles. The predicted octanol–water partition coefficient (Wildman–Crippen LogP) is 6.37. The van der Waals surface area contributed by atoms with Crippen molar-refractivity contribution in [2.24, 2.45) is 0 Å². The van der Waals surface area contributed by atoms with E-state index in [2.05, 4.69) is 98.6 Å². The van der Waals surface area contributed by atoms with Crippen molar-refractivity contribution in [2.45, 2.75) is 5.92 Å². The van der Waals surface area contributed by atoms with E-state index in [0.29, 0.717) is 5.92 Å². The van der Waals surface area contributed by atoms with Crippen molar-refractivity contribution < 1.29 is 0 Å². The number of fused-ring (bicyclic) bond motifs is 3. The molecule has 0 heterocycles. The average molecular weight is 400 g/mol. The van der Waals surface area contributed by atoms with Crippen molar-refractivity contribution in [1.29, 1.82) is 0 Å². The fourth-order valence-electron chi connectivity index (χ4n) is 3.21. The molecule has 0 aromatic heterocycles. The molecule has 1 aliphatic rings. The summed E-state index contributed by atoms with van der Waals surface area (Å²) in [5.41, 5.74) is 6.78. The second-order valence-corrected chi connectivity index (χ2v) is 7.14. The highest BCUT2D eigenvalue weighted by Crippen LogP contribution is 2.49. The van der Waals surface area contributed by atoms with Crippen molar-refractivity contribution in [2.75, 3.05) is 0 Å². The fourth-order valence-corrected chi connectivity index (χ4v) is 3.97. The van der Waals surface area contributed by atoms with Crippen LogP contribution in [0.25, 0.3) is 11.1 Å². The summed E-state index contributed by atoms with van der Waals surface area (Å²) < 4.78 is 2.27. The zero-order chi connectivity index (χ0) is 14.4. The van der Waals surface area contributed by atoms with Gasteiger partial charge in [-0.1, -0.05) is 74.3 Å². The molecule has 0 amide bonds. The minimum atomic E-state index is 0.311. The minimum absolute atomic E-state index is 0.311. The summed E-state index contributed by atoms with van der Waals surface area (Å²) in [5, 5.41) is 0. The lowest BCUT2D eigenvalue weighted by molar-refractivity contribution is 1.01. The van der Waals surface area contributed by atoms with E-state index in [4.69, 9.17) is 0 Å². The topological polar surface area (TPSA) is 0 Å². The Morgan fingerprint density at radius 3 is 1.67 bits per heavy atom. The van der Waals surface area contributed by atoms with Crippen LogP contribution in [-0.2, 0) is 0 Å². The summed E-state index contributed by atoms with van der Waals surface area (Å²) >= 11 is 7.23. The molecular weight excluding hydrogens is 388 g/mol. The first-order chi connectivity index (χ1) is 10.2. The lowest BCUT2D eigenvalue weighted by Gasteiger charge is -2.14. The monoisotopic (exact) mass is 398 g/mol. The van der Waals surface area contributed by atoms with E-state index in [-0.39, 0.29) is 0 Å². The van der Waals surface area contributed by atoms with Crippen molar-refractivity contribution in [3.8, 4) is 11.1 Å². The molecule has 0 saturated carbocycles. The molecule has 0 spiro atoms. The number of hydrogen-bond acceptors (Lipinski definition) is 0. The molecule has 0 nitrogen and oxygen atoms in total. The van der Waals surface area contributed by atoms with Crippen molar-refractivity contribution in [3.05, 3.63) is 92.4 Å². The van der Waals surface area contributed by atoms with Gasteiger partial charge in [-0.2, -0.15) is 0 Å². The van der Waals surface area contributed by atoms with E-state index >= 15 is 0 Å². The first-order valence-corrected chi connectivity index (χ1v) is 8.47. The number of rotatable bonds is 1. The Morgan fingerprint density at radius 1 is 0.619 bits per heavy atom. The summed E-state index contributed by atoms with van der Waals surface area (Å²) in [6.07, 6.45) is 0. The third-order valence-corrected chi connectivity index (χ3v) is 5.06. The zero-order valence-corrected chi connectivity index (χ0v) is 14.4. The van der Waals surface area contributed by atoms with E-state index in [1.54, 1.807) is 0 Å². The quantitative estimate of drug-likeness (QED) is 0.348. The Hall–Kier alpha value is -1.38. The van der Waals surface area contributed by atoms with Gasteiger partial charge in [0.05, 0.1) is 0 Å². The largest absolute Gasteiger partial charge is 0.0622 e. The summed E-state index contributed by atoms with van der Waals surface area (Å²) in [5.74, 6) is 0.311. The molecule has 0 bridgehead atoms. The van der Waals surface area contributed by atoms with Crippen LogP contribution in [0, 0.1) is 0 Å². The van der Waals surface area contributed by atoms with Gasteiger partial charge >= 0.3 is 0 Å². The number of benzene rings is 3. The standard InChI is InChI=1S/C19H12Br2/c20-13-6-8-15-16-9-7-14(21)11-18(16)19(17(15)10-13)12-4-2-1-3-5-12/h1-11,19H. The Bertz CT molecular complexity index is 771. The first-order valence-electron chi connectivity index (χ1n) is 6.88. The molecule has 0 aliphatic heterocycles. The average Bonchev–Trinajstić information content (AvgIpc) is 2.80. The van der Waals surface area contributed by atoms with Gasteiger partial charge in [0.1, 0.15) is 0 Å². The molecule has 0 N–H and O–H groups in total. The number of hydrogen-bond donors (Lipinski definition) is 0. The van der Waals surface area contributed by atoms with Crippen LogP contribution >= 0.6 is 31.9 Å². The molecule has 4 rings (SSSR count). The summed E-state index contributed by atoms with van der Waals surface area (Å²) in [4.78, 5) is 0. The van der Waals surface area contributed by atoms with Crippen LogP contribution in [0.2, 0.25) is 0 Å². The molecule has 2 heteroatoms. The van der Waals surface area contributed by atoms with Crippen molar-refractivity contribution in [3.63, 3.8) is 0 Å². The molecule has 0 atom stereocenters. The van der Waals surface area contributed by atoms with Crippen molar-refractivity contribution in [1.82, 2.24) is 0 Å². The van der Waals surface area contributed by atoms with E-state index in [9.17, 15) is 0 Å². The molecule has 3 aromatic rings. The normalized spacial score (nSPS) is 13.0. The Balaban J connectivity index is 2.02. The third-order valence-electron chi connectivity index (χ3n) is 4.07. The first kappa shape index (κ1) is 13.3. The van der Waals surface area contributed by atoms with Gasteiger partial charge < -0.3 is 0 Å². The summed E-state index contributed by atoms with van der Waals surface area (Å²) in [6.45, 7) is 0. The molecule has 21 heavy (non-hydrogen) atoms. The van der Waals surface area contributed by atoms with Gasteiger partial charge in [-0.05, 0) is 52.1 Å². The lowest BCUT2D eigenvalue weighted by Crippen LogP contribution is -1.98. The van der Waals surface area contributed by atoms with Crippen LogP contribution in [0.4, 0.5) is 0 Å². The van der Waals surface area contributed by atoms with Gasteiger partial charge in [0.25, 0.3) is 0 Å². The van der Waals surface area contributed by atoms with Crippen LogP contribution in [0.5, 0.6) is 0 Å². The molecule has 0 unspecified atom stereocenters. The second-order valence-electron chi connectivity index (χ2n) is 5.31. The zero-order valence-electron chi connectivity index (χ0n) is 11.2. The Morgan fingerprint density at radius 2 is 1.14 bits per heavy atom. The Kier molecular flexibility index (Phi) is 3.24. The molecule has 0 fully saturated rings. The maximum atomic E-state index is 3.61. The van der Waals surface area contributed by atoms with E-state index in [1.165, 1.54) is 27.8 Å². The Labute approximate surface area is 141 Å². The van der Waals surface area contributed by atoms with E-state index in [0.717, 1.165) is 8.95 Å². The van der Waals surface area contributed by atoms with Gasteiger partial charge in [-0.3, -0.25) is 0 Å². The SMILES string of the molecule is Brc1ccc2c(c1)C(c1ccccc1)c1cc(Br)ccc1-2. The van der Waals surface area contributed by atoms with Crippen LogP contribution in [0.1, 0.15) is 22.6 Å². The molecule has 102 valence electrons. The highest BCUT2D eigenvalue weighted by molar-refractivity contribution is 9.10. The second kappa shape index (κ2) is 5.11. The van der Waals surface area contributed by atoms with Gasteiger partial charge in [-0.15, -0.1) is 0 Å². The molecule has 0 radical (unpaired) electrons. The van der Waals surface area contributed by atoms with Gasteiger partial charge in [0.15, 0.2) is 0 Å². The van der Waals surface area contributed by atoms with Crippen LogP contribution in [-0.4, -0.2) is 0 Å². The lowest BCUT2D eigenvalue weighted by atomic mass is 9.89. The predicted molar refractivity (Wildman–Crippen MR) is 94.7 cm³/mol. The van der Waals surface area contributed by atoms with E-state index < -0.39 is 0 Å². The summed E-state index contributed by atoms with van der Waals surface area (Å²) in [7, 11) is 0. The van der Waals surface area contributed by atoms with Crippen LogP contribution in [0.3, 0.4) is 0 Å². The van der Waals surface area contributed by atoms with Crippen molar-refractivity contribution >= 4 is 31.9 Å². The minimum Gasteiger partial charge on any atom is -0.0622 e. The highest BCUT2D eigenvalue weighted by Gasteiger charge is 2.29. The molecule has 1 aliphatic carbocycles. The van der Waals surface area contributed by atoms with Gasteiger partial charge in [-0.25, -0.2) is 0 Å². The van der Waals surface area contributed by atoms with E-state index in [1.807, 2.05) is 0 Å². The van der Waals surface area contributed by atoms with Gasteiger partial charge in [0.2, 0.25) is 0 Å². The van der Waals surface area contributed by atoms with Crippen LogP contribution in [0.15, 0.2) is 75.7 Å². The highest BCUT2D eigenvalue weighted by atomic mass is 79.9. The third kappa shape index (κ3) is 2.18. The maximum Gasteiger partial charge on any atom is 0.0353 e. The molecular formula is C19H12Br2. The maximum absolute atomic E-state index is 3.61. The smallest absolute Gasteiger partial charge is 0.0353 e. The van der Waals surface area contributed by atoms with Crippen LogP contribution < -0.4 is 0 Å². The van der Waals surface area contributed by atoms with Gasteiger partial charge in [0, 0.05) is 14.9 Å². The summed E-state index contributed by atoms with van der Waals surface area (Å²) in [6, 6.07) is 23.9. The number of halogens is 2.